The van der Waals surface area contributed by atoms with Crippen molar-refractivity contribution >= 4 is 17.9 Å². The number of esters is 3. The van der Waals surface area contributed by atoms with Gasteiger partial charge >= 0.3 is 17.9 Å². The van der Waals surface area contributed by atoms with Crippen molar-refractivity contribution < 1.29 is 28.6 Å². The van der Waals surface area contributed by atoms with Gasteiger partial charge in [-0.2, -0.15) is 0 Å². The molecule has 0 N–H and O–H groups in total. The van der Waals surface area contributed by atoms with Gasteiger partial charge in [-0.05, 0) is 57.8 Å². The molecule has 0 aromatic rings. The minimum Gasteiger partial charge on any atom is -0.462 e. The van der Waals surface area contributed by atoms with Gasteiger partial charge in [0.05, 0.1) is 0 Å². The Bertz CT molecular complexity index is 1030. The highest BCUT2D eigenvalue weighted by molar-refractivity contribution is 5.71. The molecule has 0 saturated carbocycles. The lowest BCUT2D eigenvalue weighted by Gasteiger charge is -2.18. The van der Waals surface area contributed by atoms with Gasteiger partial charge in [0, 0.05) is 19.3 Å². The molecule has 0 fully saturated rings. The van der Waals surface area contributed by atoms with Crippen molar-refractivity contribution in [3.05, 3.63) is 48.6 Å². The van der Waals surface area contributed by atoms with Crippen LogP contribution in [0.4, 0.5) is 0 Å². The molecule has 0 aliphatic heterocycles. The average molecular weight is 813 g/mol. The van der Waals surface area contributed by atoms with Gasteiger partial charge in [0.15, 0.2) is 6.10 Å². The summed E-state index contributed by atoms with van der Waals surface area (Å²) in [5.74, 6) is -0.881. The Morgan fingerprint density at radius 3 is 1.05 bits per heavy atom. The molecule has 1 atom stereocenters. The second-order valence-corrected chi connectivity index (χ2v) is 16.4. The third-order valence-corrected chi connectivity index (χ3v) is 10.6. The Morgan fingerprint density at radius 1 is 0.362 bits per heavy atom. The predicted molar refractivity (Wildman–Crippen MR) is 247 cm³/mol. The maximum Gasteiger partial charge on any atom is 0.306 e. The summed E-state index contributed by atoms with van der Waals surface area (Å²) in [6.45, 7) is 6.49. The molecule has 0 aliphatic rings. The molecule has 0 amide bonds. The van der Waals surface area contributed by atoms with E-state index in [9.17, 15) is 14.4 Å². The predicted octanol–water partition coefficient (Wildman–Crippen LogP) is 15.9. The lowest BCUT2D eigenvalue weighted by molar-refractivity contribution is -0.167. The van der Waals surface area contributed by atoms with Crippen LogP contribution in [0.15, 0.2) is 48.6 Å². The summed E-state index contributed by atoms with van der Waals surface area (Å²) >= 11 is 0. The normalized spacial score (nSPS) is 12.4. The zero-order valence-electron chi connectivity index (χ0n) is 38.3. The quantitative estimate of drug-likeness (QED) is 0.0264. The van der Waals surface area contributed by atoms with E-state index < -0.39 is 6.10 Å². The largest absolute Gasteiger partial charge is 0.462 e. The second-order valence-electron chi connectivity index (χ2n) is 16.4. The van der Waals surface area contributed by atoms with Gasteiger partial charge in [-0.25, -0.2) is 0 Å². The van der Waals surface area contributed by atoms with Crippen LogP contribution in [0.25, 0.3) is 0 Å². The molecule has 0 aromatic heterocycles. The summed E-state index contributed by atoms with van der Waals surface area (Å²) in [6.07, 6.45) is 55.3. The van der Waals surface area contributed by atoms with E-state index in [4.69, 9.17) is 14.2 Å². The molecular weight excluding hydrogens is 721 g/mol. The van der Waals surface area contributed by atoms with Crippen LogP contribution >= 0.6 is 0 Å². The van der Waals surface area contributed by atoms with Crippen LogP contribution in [0, 0.1) is 0 Å². The van der Waals surface area contributed by atoms with Crippen molar-refractivity contribution in [1.82, 2.24) is 0 Å². The Balaban J connectivity index is 4.24. The molecule has 1 unspecified atom stereocenters. The molecule has 6 heteroatoms. The zero-order chi connectivity index (χ0) is 42.3. The third-order valence-electron chi connectivity index (χ3n) is 10.6. The fourth-order valence-electron chi connectivity index (χ4n) is 6.90. The number of ether oxygens (including phenoxy) is 3. The second kappa shape index (κ2) is 47.1. The average Bonchev–Trinajstić information content (AvgIpc) is 3.22. The molecule has 0 aliphatic carbocycles. The smallest absolute Gasteiger partial charge is 0.306 e. The summed E-state index contributed by atoms with van der Waals surface area (Å²) < 4.78 is 16.7. The Hall–Kier alpha value is -2.63. The van der Waals surface area contributed by atoms with E-state index >= 15 is 0 Å². The first-order valence-electron chi connectivity index (χ1n) is 24.6. The van der Waals surface area contributed by atoms with E-state index in [1.54, 1.807) is 0 Å². The van der Waals surface area contributed by atoms with Gasteiger partial charge in [0.2, 0.25) is 0 Å². The standard InChI is InChI=1S/C52H92O6/c1-4-7-10-13-16-19-21-22-23-24-25-26-27-28-29-30-31-34-36-39-42-45-51(54)57-48-49(47-56-50(53)44-41-38-35-32-18-15-12-9-6-3)58-52(55)46-43-40-37-33-20-17-14-11-8-5-2/h7,10,16,19,22-23,25-26,49H,4-6,8-9,11-15,17-18,20-21,24,27-48H2,1-3H3/b10-7-,19-16-,23-22-,26-25-. The Labute approximate surface area is 358 Å². The molecule has 0 bridgehead atoms. The molecule has 336 valence electrons. The van der Waals surface area contributed by atoms with E-state index in [1.165, 1.54) is 116 Å². The molecule has 58 heavy (non-hydrogen) atoms. The first-order chi connectivity index (χ1) is 28.5. The summed E-state index contributed by atoms with van der Waals surface area (Å²) in [5, 5.41) is 0. The molecule has 0 aromatic carbocycles. The van der Waals surface area contributed by atoms with Crippen LogP contribution in [0.5, 0.6) is 0 Å². The van der Waals surface area contributed by atoms with E-state index in [0.717, 1.165) is 89.9 Å². The fraction of sp³-hybridized carbons (Fsp3) is 0.788. The number of hydrogen-bond acceptors (Lipinski definition) is 6. The summed E-state index contributed by atoms with van der Waals surface area (Å²) in [4.78, 5) is 37.7. The van der Waals surface area contributed by atoms with Crippen LogP contribution < -0.4 is 0 Å². The van der Waals surface area contributed by atoms with Gasteiger partial charge < -0.3 is 14.2 Å². The zero-order valence-corrected chi connectivity index (χ0v) is 38.3. The number of hydrogen-bond donors (Lipinski definition) is 0. The van der Waals surface area contributed by atoms with Gasteiger partial charge in [-0.1, -0.05) is 217 Å². The summed E-state index contributed by atoms with van der Waals surface area (Å²) in [6, 6.07) is 0. The molecule has 0 heterocycles. The van der Waals surface area contributed by atoms with Gasteiger partial charge in [0.1, 0.15) is 13.2 Å². The van der Waals surface area contributed by atoms with Crippen molar-refractivity contribution in [2.45, 2.75) is 252 Å². The molecular formula is C52H92O6. The van der Waals surface area contributed by atoms with E-state index in [2.05, 4.69) is 69.4 Å². The minimum absolute atomic E-state index is 0.0727. The van der Waals surface area contributed by atoms with Crippen molar-refractivity contribution in [3.8, 4) is 0 Å². The van der Waals surface area contributed by atoms with Crippen molar-refractivity contribution in [3.63, 3.8) is 0 Å². The first-order valence-corrected chi connectivity index (χ1v) is 24.6. The minimum atomic E-state index is -0.769. The van der Waals surface area contributed by atoms with E-state index in [0.29, 0.717) is 19.3 Å². The number of allylic oxidation sites excluding steroid dienone is 8. The Morgan fingerprint density at radius 2 is 0.672 bits per heavy atom. The van der Waals surface area contributed by atoms with Crippen LogP contribution in [-0.2, 0) is 28.6 Å². The monoisotopic (exact) mass is 813 g/mol. The number of carbonyl (C=O) groups excluding carboxylic acids is 3. The van der Waals surface area contributed by atoms with Crippen LogP contribution in [0.3, 0.4) is 0 Å². The lowest BCUT2D eigenvalue weighted by atomic mass is 10.1. The van der Waals surface area contributed by atoms with Gasteiger partial charge in [-0.15, -0.1) is 0 Å². The summed E-state index contributed by atoms with van der Waals surface area (Å²) in [5.41, 5.74) is 0. The number of unbranched alkanes of at least 4 members (excludes halogenated alkanes) is 25. The molecule has 0 saturated heterocycles. The highest BCUT2D eigenvalue weighted by Crippen LogP contribution is 2.15. The molecule has 6 nitrogen and oxygen atoms in total. The van der Waals surface area contributed by atoms with Crippen molar-refractivity contribution in [1.29, 1.82) is 0 Å². The number of rotatable bonds is 44. The maximum atomic E-state index is 12.7. The molecule has 0 rings (SSSR count). The Kier molecular flexibility index (Phi) is 44.9. The fourth-order valence-corrected chi connectivity index (χ4v) is 6.90. The maximum absolute atomic E-state index is 12.7. The van der Waals surface area contributed by atoms with E-state index in [-0.39, 0.29) is 31.1 Å². The SMILES string of the molecule is CC/C=C\C/C=C\C/C=C\C/C=C\CCCCCCCCCCC(=O)OCC(COC(=O)CCCCCCCCCCC)OC(=O)CCCCCCCCCCCC. The lowest BCUT2D eigenvalue weighted by Crippen LogP contribution is -2.30. The summed E-state index contributed by atoms with van der Waals surface area (Å²) in [7, 11) is 0. The van der Waals surface area contributed by atoms with E-state index in [1.807, 2.05) is 0 Å². The van der Waals surface area contributed by atoms with Crippen LogP contribution in [-0.4, -0.2) is 37.2 Å². The van der Waals surface area contributed by atoms with Gasteiger partial charge in [-0.3, -0.25) is 14.4 Å². The van der Waals surface area contributed by atoms with Crippen molar-refractivity contribution in [2.24, 2.45) is 0 Å². The third kappa shape index (κ3) is 44.5. The van der Waals surface area contributed by atoms with Crippen molar-refractivity contribution in [2.75, 3.05) is 13.2 Å². The highest BCUT2D eigenvalue weighted by atomic mass is 16.6. The number of carbonyl (C=O) groups is 3. The van der Waals surface area contributed by atoms with Crippen LogP contribution in [0.1, 0.15) is 245 Å². The first kappa shape index (κ1) is 55.4. The van der Waals surface area contributed by atoms with Crippen LogP contribution in [0.2, 0.25) is 0 Å². The molecule has 0 spiro atoms. The topological polar surface area (TPSA) is 78.9 Å². The highest BCUT2D eigenvalue weighted by Gasteiger charge is 2.19. The van der Waals surface area contributed by atoms with Gasteiger partial charge in [0.25, 0.3) is 0 Å². The molecule has 0 radical (unpaired) electrons.